The van der Waals surface area contributed by atoms with Crippen LogP contribution < -0.4 is 0 Å². The average Bonchev–Trinajstić information content (AvgIpc) is 2.96. The molecule has 18 heavy (non-hydrogen) atoms. The number of aromatic carboxylic acids is 1. The second-order valence-electron chi connectivity index (χ2n) is 3.37. The van der Waals surface area contributed by atoms with Gasteiger partial charge < -0.3 is 9.52 Å². The molecule has 1 aromatic carbocycles. The van der Waals surface area contributed by atoms with Crippen LogP contribution in [0.25, 0.3) is 11.1 Å². The largest absolute Gasteiger partial charge is 0.478 e. The quantitative estimate of drug-likeness (QED) is 0.793. The molecule has 0 aliphatic carbocycles. The van der Waals surface area contributed by atoms with Crippen LogP contribution in [0.2, 0.25) is 0 Å². The molecule has 0 saturated carbocycles. The molecule has 0 atom stereocenters. The number of thiazole rings is 1. The molecule has 0 bridgehead atoms. The molecule has 1 N–H and O–H groups in total. The molecule has 5 nitrogen and oxygen atoms in total. The van der Waals surface area contributed by atoms with E-state index >= 15 is 0 Å². The Balaban J connectivity index is 1.98. The van der Waals surface area contributed by atoms with E-state index in [1.807, 2.05) is 5.38 Å². The van der Waals surface area contributed by atoms with Crippen LogP contribution in [0.1, 0.15) is 10.4 Å². The van der Waals surface area contributed by atoms with Gasteiger partial charge in [0, 0.05) is 23.3 Å². The summed E-state index contributed by atoms with van der Waals surface area (Å²) >= 11 is 2.81. The summed E-state index contributed by atoms with van der Waals surface area (Å²) in [5, 5.41) is 11.2. The first kappa shape index (κ1) is 11.2. The molecule has 2 heterocycles. The minimum atomic E-state index is -0.984. The number of rotatable bonds is 3. The molecule has 0 aliphatic rings. The highest BCUT2D eigenvalue weighted by Gasteiger charge is 2.11. The van der Waals surface area contributed by atoms with Gasteiger partial charge in [0.2, 0.25) is 0 Å². The maximum absolute atomic E-state index is 10.8. The van der Waals surface area contributed by atoms with E-state index in [1.165, 1.54) is 35.2 Å². The molecule has 0 saturated heterocycles. The van der Waals surface area contributed by atoms with E-state index in [0.717, 1.165) is 4.34 Å². The van der Waals surface area contributed by atoms with Crippen molar-refractivity contribution < 1.29 is 14.3 Å². The molecule has 3 rings (SSSR count). The van der Waals surface area contributed by atoms with E-state index < -0.39 is 5.97 Å². The molecular weight excluding hydrogens is 272 g/mol. The predicted octanol–water partition coefficient (Wildman–Crippen LogP) is 3.13. The number of carboxylic acids is 1. The number of carbonyl (C=O) groups is 1. The summed E-state index contributed by atoms with van der Waals surface area (Å²) in [6.45, 7) is 0. The van der Waals surface area contributed by atoms with E-state index in [4.69, 9.17) is 9.52 Å². The van der Waals surface area contributed by atoms with Crippen LogP contribution in [0.4, 0.5) is 0 Å². The Hall–Kier alpha value is -1.86. The summed E-state index contributed by atoms with van der Waals surface area (Å²) in [4.78, 5) is 19.2. The first-order valence-corrected chi connectivity index (χ1v) is 6.63. The van der Waals surface area contributed by atoms with Gasteiger partial charge in [0.05, 0.1) is 5.56 Å². The number of aromatic nitrogens is 2. The Morgan fingerprint density at radius 2 is 2.33 bits per heavy atom. The van der Waals surface area contributed by atoms with Crippen molar-refractivity contribution in [1.82, 2.24) is 9.97 Å². The van der Waals surface area contributed by atoms with E-state index in [-0.39, 0.29) is 5.56 Å². The number of hydrogen-bond donors (Lipinski definition) is 1. The number of fused-ring (bicyclic) bond motifs is 1. The van der Waals surface area contributed by atoms with Gasteiger partial charge in [0.1, 0.15) is 5.52 Å². The molecule has 3 aromatic rings. The number of benzene rings is 1. The monoisotopic (exact) mass is 278 g/mol. The lowest BCUT2D eigenvalue weighted by Crippen LogP contribution is -1.94. The van der Waals surface area contributed by atoms with Crippen molar-refractivity contribution in [3.05, 3.63) is 35.3 Å². The van der Waals surface area contributed by atoms with Crippen molar-refractivity contribution in [2.75, 3.05) is 0 Å². The summed E-state index contributed by atoms with van der Waals surface area (Å²) in [7, 11) is 0. The van der Waals surface area contributed by atoms with E-state index in [9.17, 15) is 4.79 Å². The maximum atomic E-state index is 10.8. The van der Waals surface area contributed by atoms with Crippen molar-refractivity contribution in [3.8, 4) is 0 Å². The topological polar surface area (TPSA) is 76.2 Å². The first-order valence-electron chi connectivity index (χ1n) is 4.93. The van der Waals surface area contributed by atoms with Gasteiger partial charge in [-0.2, -0.15) is 0 Å². The lowest BCUT2D eigenvalue weighted by Gasteiger charge is -1.91. The lowest BCUT2D eigenvalue weighted by molar-refractivity contribution is 0.0697. The van der Waals surface area contributed by atoms with Gasteiger partial charge in [-0.25, -0.2) is 14.8 Å². The molecule has 2 aromatic heterocycles. The van der Waals surface area contributed by atoms with Crippen molar-refractivity contribution >= 4 is 40.2 Å². The third-order valence-electron chi connectivity index (χ3n) is 2.20. The van der Waals surface area contributed by atoms with Gasteiger partial charge in [-0.3, -0.25) is 0 Å². The minimum Gasteiger partial charge on any atom is -0.478 e. The number of carboxylic acid groups (broad SMARTS) is 1. The van der Waals surface area contributed by atoms with Gasteiger partial charge >= 0.3 is 5.97 Å². The summed E-state index contributed by atoms with van der Waals surface area (Å²) in [6.07, 6.45) is 1.71. The Morgan fingerprint density at radius 1 is 1.44 bits per heavy atom. The van der Waals surface area contributed by atoms with Crippen molar-refractivity contribution in [2.24, 2.45) is 0 Å². The standard InChI is InChI=1S/C11H6N2O3S2/c14-9(15)6-1-2-7-8(5-6)16-10(13-7)18-11-12-3-4-17-11/h1-5H,(H,14,15). The molecule has 0 radical (unpaired) electrons. The second-order valence-corrected chi connectivity index (χ2v) is 5.46. The Morgan fingerprint density at radius 3 is 3.06 bits per heavy atom. The number of hydrogen-bond acceptors (Lipinski definition) is 6. The molecule has 0 fully saturated rings. The lowest BCUT2D eigenvalue weighted by atomic mass is 10.2. The van der Waals surface area contributed by atoms with Gasteiger partial charge in [-0.05, 0) is 18.2 Å². The zero-order valence-corrected chi connectivity index (χ0v) is 10.5. The molecule has 90 valence electrons. The fourth-order valence-electron chi connectivity index (χ4n) is 1.42. The average molecular weight is 278 g/mol. The summed E-state index contributed by atoms with van der Waals surface area (Å²) in [6, 6.07) is 4.61. The van der Waals surface area contributed by atoms with Gasteiger partial charge in [-0.1, -0.05) is 0 Å². The first-order chi connectivity index (χ1) is 8.72. The Kier molecular flexibility index (Phi) is 2.77. The van der Waals surface area contributed by atoms with E-state index in [1.54, 1.807) is 12.3 Å². The smallest absolute Gasteiger partial charge is 0.335 e. The highest BCUT2D eigenvalue weighted by Crippen LogP contribution is 2.31. The highest BCUT2D eigenvalue weighted by molar-refractivity contribution is 8.00. The Bertz CT molecular complexity index is 706. The zero-order valence-electron chi connectivity index (χ0n) is 8.86. The van der Waals surface area contributed by atoms with Crippen LogP contribution in [0.3, 0.4) is 0 Å². The van der Waals surface area contributed by atoms with Gasteiger partial charge in [0.15, 0.2) is 9.92 Å². The van der Waals surface area contributed by atoms with Gasteiger partial charge in [-0.15, -0.1) is 11.3 Å². The SMILES string of the molecule is O=C(O)c1ccc2nc(Sc3nccs3)oc2c1. The van der Waals surface area contributed by atoms with Crippen LogP contribution >= 0.6 is 23.1 Å². The molecule has 0 aliphatic heterocycles. The summed E-state index contributed by atoms with van der Waals surface area (Å²) in [5.41, 5.74) is 1.29. The predicted molar refractivity (Wildman–Crippen MR) is 67.2 cm³/mol. The summed E-state index contributed by atoms with van der Waals surface area (Å²) in [5.74, 6) is -0.984. The van der Waals surface area contributed by atoms with Crippen molar-refractivity contribution in [3.63, 3.8) is 0 Å². The van der Waals surface area contributed by atoms with E-state index in [0.29, 0.717) is 16.3 Å². The maximum Gasteiger partial charge on any atom is 0.335 e. The molecule has 0 unspecified atom stereocenters. The molecule has 0 amide bonds. The van der Waals surface area contributed by atoms with E-state index in [2.05, 4.69) is 9.97 Å². The van der Waals surface area contributed by atoms with Crippen molar-refractivity contribution in [2.45, 2.75) is 9.56 Å². The number of nitrogens with zero attached hydrogens (tertiary/aromatic N) is 2. The third kappa shape index (κ3) is 2.09. The van der Waals surface area contributed by atoms with Crippen LogP contribution in [0, 0.1) is 0 Å². The fraction of sp³-hybridized carbons (Fsp3) is 0. The van der Waals surface area contributed by atoms with Crippen molar-refractivity contribution in [1.29, 1.82) is 0 Å². The third-order valence-corrected chi connectivity index (χ3v) is 3.93. The normalized spacial score (nSPS) is 10.9. The molecule has 7 heteroatoms. The van der Waals surface area contributed by atoms with Crippen LogP contribution in [-0.4, -0.2) is 21.0 Å². The highest BCUT2D eigenvalue weighted by atomic mass is 32.2. The molecule has 0 spiro atoms. The Labute approximate surface area is 109 Å². The molecular formula is C11H6N2O3S2. The summed E-state index contributed by atoms with van der Waals surface area (Å²) < 4.78 is 6.32. The van der Waals surface area contributed by atoms with Crippen LogP contribution in [-0.2, 0) is 0 Å². The van der Waals surface area contributed by atoms with Gasteiger partial charge in [0.25, 0.3) is 5.22 Å². The number of oxazole rings is 1. The fourth-order valence-corrected chi connectivity index (χ4v) is 2.89. The minimum absolute atomic E-state index is 0.185. The second kappa shape index (κ2) is 4.43. The van der Waals surface area contributed by atoms with Crippen LogP contribution in [0.5, 0.6) is 0 Å². The zero-order chi connectivity index (χ0) is 12.5. The van der Waals surface area contributed by atoms with Crippen LogP contribution in [0.15, 0.2) is 43.8 Å².